The summed E-state index contributed by atoms with van der Waals surface area (Å²) in [4.78, 5) is 0. The maximum atomic E-state index is 9.64. The molecule has 25 heavy (non-hydrogen) atoms. The van der Waals surface area contributed by atoms with Gasteiger partial charge < -0.3 is 40.5 Å². The van der Waals surface area contributed by atoms with E-state index in [1.165, 1.54) is 0 Å². The second kappa shape index (κ2) is 63.0. The van der Waals surface area contributed by atoms with Crippen molar-refractivity contribution in [1.29, 1.82) is 0 Å². The monoisotopic (exact) mass is 494 g/mol. The molecule has 19 heteroatoms. The van der Waals surface area contributed by atoms with E-state index in [0.717, 1.165) is 0 Å². The Morgan fingerprint density at radius 2 is 0.680 bits per heavy atom. The fourth-order valence-corrected chi connectivity index (χ4v) is 0.236. The molecule has 0 N–H and O–H groups in total. The molecular formula is C6H5Na7O8S4. The van der Waals surface area contributed by atoms with Crippen molar-refractivity contribution < 1.29 is 247 Å². The standard InChI is InChI=1S/C3H6O2S.3CH2O2S.7Na/c1-2-5-3(4)6;3*2-1(3)4;;;;;;;/h2H2,1H3,(H,4,6);3*(H2,2,3,4);;;;;;;/q;;;;7*+1/p-7. The van der Waals surface area contributed by atoms with Gasteiger partial charge in [0.2, 0.25) is 0 Å². The topological polar surface area (TPSA) is 171 Å². The Morgan fingerprint density at radius 3 is 0.680 bits per heavy atom. The van der Waals surface area contributed by atoms with Gasteiger partial charge in [0.15, 0.2) is 0 Å². The molecule has 0 heterocycles. The van der Waals surface area contributed by atoms with Crippen LogP contribution >= 0.6 is 48.9 Å². The Balaban J connectivity index is -0.0000000108. The fourth-order valence-electron chi connectivity index (χ4n) is 0.118. The average Bonchev–Trinajstić information content (AvgIpc) is 1.98. The quantitative estimate of drug-likeness (QED) is 0.249. The molecule has 0 atom stereocenters. The maximum absolute atomic E-state index is 9.64. The van der Waals surface area contributed by atoms with Crippen LogP contribution in [0, 0.1) is 0 Å². The summed E-state index contributed by atoms with van der Waals surface area (Å²) in [5.41, 5.74) is 0. The van der Waals surface area contributed by atoms with Gasteiger partial charge in [-0.05, 0) is 6.61 Å². The molecule has 0 saturated heterocycles. The predicted octanol–water partition coefficient (Wildman–Crippen LogP) is -27.3. The third-order valence-electron chi connectivity index (χ3n) is 0.262. The van der Waals surface area contributed by atoms with Crippen molar-refractivity contribution >= 4 is 69.8 Å². The molecule has 0 radical (unpaired) electrons. The maximum Gasteiger partial charge on any atom is 1.00 e. The van der Waals surface area contributed by atoms with Crippen molar-refractivity contribution in [3.8, 4) is 0 Å². The minimum Gasteiger partial charge on any atom is -0.876 e. The summed E-state index contributed by atoms with van der Waals surface area (Å²) < 4.78 is 4.22. The third-order valence-corrected chi connectivity index (χ3v) is 0.380. The molecule has 0 rings (SSSR count). The van der Waals surface area contributed by atoms with E-state index in [0.29, 0.717) is 6.61 Å². The molecule has 0 aliphatic heterocycles. The van der Waals surface area contributed by atoms with Gasteiger partial charge >= 0.3 is 207 Å². The molecule has 0 fully saturated rings. The van der Waals surface area contributed by atoms with E-state index < -0.39 is 20.9 Å². The van der Waals surface area contributed by atoms with Gasteiger partial charge in [0.25, 0.3) is 0 Å². The SMILES string of the molecule is CCOC([O-])=S.[Na+].[Na+].[Na+].[Na+].[Na+].[Na+].[Na+].[O-]C([O-])=S.[O-]C([O-])=S.[O-]C([O-])=S. The first kappa shape index (κ1) is 69.8. The van der Waals surface area contributed by atoms with Gasteiger partial charge in [0.1, 0.15) is 5.24 Å². The zero-order valence-electron chi connectivity index (χ0n) is 15.6. The molecule has 0 aromatic heterocycles. The van der Waals surface area contributed by atoms with Gasteiger partial charge in [-0.25, -0.2) is 0 Å². The van der Waals surface area contributed by atoms with Gasteiger partial charge in [0, 0.05) is 0 Å². The normalized spacial score (nSPS) is 4.68. The van der Waals surface area contributed by atoms with E-state index >= 15 is 0 Å². The van der Waals surface area contributed by atoms with E-state index in [1.807, 2.05) is 0 Å². The smallest absolute Gasteiger partial charge is 0.876 e. The van der Waals surface area contributed by atoms with E-state index in [-0.39, 0.29) is 207 Å². The van der Waals surface area contributed by atoms with Crippen molar-refractivity contribution in [2.24, 2.45) is 0 Å². The van der Waals surface area contributed by atoms with E-state index in [4.69, 9.17) is 30.6 Å². The summed E-state index contributed by atoms with van der Waals surface area (Å²) in [7, 11) is 0. The third kappa shape index (κ3) is 299. The molecule has 108 valence electrons. The number of hydrogen-bond donors (Lipinski definition) is 0. The van der Waals surface area contributed by atoms with Gasteiger partial charge in [-0.15, -0.1) is 52.4 Å². The number of thiocarbonyl (C=S) groups is 4. The van der Waals surface area contributed by atoms with E-state index in [2.05, 4.69) is 53.6 Å². The van der Waals surface area contributed by atoms with Crippen LogP contribution in [0.3, 0.4) is 0 Å². The van der Waals surface area contributed by atoms with Crippen LogP contribution in [0.1, 0.15) is 6.92 Å². The van der Waals surface area contributed by atoms with Crippen LogP contribution in [0.5, 0.6) is 0 Å². The molecule has 0 unspecified atom stereocenters. The van der Waals surface area contributed by atoms with Crippen LogP contribution in [0.25, 0.3) is 0 Å². The van der Waals surface area contributed by atoms with Gasteiger partial charge in [-0.2, -0.15) is 0 Å². The summed E-state index contributed by atoms with van der Waals surface area (Å²) in [6.45, 7) is 2.09. The first-order valence-electron chi connectivity index (χ1n) is 3.45. The van der Waals surface area contributed by atoms with Crippen molar-refractivity contribution in [1.82, 2.24) is 0 Å². The van der Waals surface area contributed by atoms with Gasteiger partial charge in [0.05, 0.1) is 0 Å². The molecule has 0 spiro atoms. The first-order chi connectivity index (χ1) is 7.97. The number of hydrogen-bond acceptors (Lipinski definition) is 12. The minimum atomic E-state index is -1.50. The van der Waals surface area contributed by atoms with Crippen molar-refractivity contribution in [3.05, 3.63) is 0 Å². The largest absolute Gasteiger partial charge is 1.00 e. The fraction of sp³-hybridized carbons (Fsp3) is 0.333. The first-order valence-corrected chi connectivity index (χ1v) is 5.08. The molecule has 8 nitrogen and oxygen atoms in total. The Kier molecular flexibility index (Phi) is 176. The summed E-state index contributed by atoms with van der Waals surface area (Å²) in [6.07, 6.45) is 0. The molecule has 0 saturated carbocycles. The Bertz CT molecular complexity index is 237. The van der Waals surface area contributed by atoms with Crippen LogP contribution in [-0.4, -0.2) is 27.6 Å². The summed E-state index contributed by atoms with van der Waals surface area (Å²) in [5.74, 6) is 0. The zero-order chi connectivity index (χ0) is 15.7. The van der Waals surface area contributed by atoms with Crippen LogP contribution < -0.4 is 243 Å². The summed E-state index contributed by atoms with van der Waals surface area (Å²) in [5, 5.41) is 56.7. The molecule has 0 aliphatic rings. The molecular weight excluding hydrogens is 489 g/mol. The van der Waals surface area contributed by atoms with Gasteiger partial charge in [-0.1, -0.05) is 19.1 Å². The molecule has 0 bridgehead atoms. The summed E-state index contributed by atoms with van der Waals surface area (Å²) >= 11 is 14.3. The van der Waals surface area contributed by atoms with Gasteiger partial charge in [-0.3, -0.25) is 0 Å². The number of rotatable bonds is 1. The van der Waals surface area contributed by atoms with Crippen LogP contribution in [-0.2, 0) is 4.74 Å². The molecule has 0 aromatic rings. The van der Waals surface area contributed by atoms with Crippen molar-refractivity contribution in [2.45, 2.75) is 6.92 Å². The number of ether oxygens (including phenoxy) is 1. The second-order valence-corrected chi connectivity index (χ2v) is 2.77. The zero-order valence-corrected chi connectivity index (χ0v) is 32.9. The minimum absolute atomic E-state index is 0. The Morgan fingerprint density at radius 1 is 0.560 bits per heavy atom. The molecule has 0 aliphatic carbocycles. The van der Waals surface area contributed by atoms with E-state index in [9.17, 15) is 5.11 Å². The molecule has 0 amide bonds. The predicted molar refractivity (Wildman–Crippen MR) is 62.0 cm³/mol. The Hall–Kier alpha value is 5.76. The summed E-state index contributed by atoms with van der Waals surface area (Å²) in [6, 6.07) is 0. The van der Waals surface area contributed by atoms with Crippen molar-refractivity contribution in [2.75, 3.05) is 6.61 Å². The second-order valence-electron chi connectivity index (χ2n) is 1.43. The Labute approximate surface area is 323 Å². The van der Waals surface area contributed by atoms with Crippen LogP contribution in [0.15, 0.2) is 0 Å². The van der Waals surface area contributed by atoms with Crippen molar-refractivity contribution in [3.63, 3.8) is 0 Å². The van der Waals surface area contributed by atoms with Crippen LogP contribution in [0.2, 0.25) is 0 Å². The van der Waals surface area contributed by atoms with Crippen LogP contribution in [0.4, 0.5) is 0 Å². The molecule has 0 aromatic carbocycles. The average molecular weight is 494 g/mol. The van der Waals surface area contributed by atoms with E-state index in [1.54, 1.807) is 6.92 Å².